The Kier molecular flexibility index (Phi) is 2.62. The van der Waals surface area contributed by atoms with Gasteiger partial charge in [-0.05, 0) is 48.1 Å². The van der Waals surface area contributed by atoms with Crippen molar-refractivity contribution in [1.29, 1.82) is 0 Å². The summed E-state index contributed by atoms with van der Waals surface area (Å²) in [5, 5.41) is 0. The van der Waals surface area contributed by atoms with Crippen LogP contribution in [0.2, 0.25) is 0 Å². The second-order valence-corrected chi connectivity index (χ2v) is 5.62. The van der Waals surface area contributed by atoms with E-state index in [4.69, 9.17) is 4.74 Å². The lowest BCUT2D eigenvalue weighted by atomic mass is 9.98. The highest BCUT2D eigenvalue weighted by molar-refractivity contribution is 6.00. The molecular formula is C18H16O2. The summed E-state index contributed by atoms with van der Waals surface area (Å²) in [4.78, 5) is 12.6. The van der Waals surface area contributed by atoms with Gasteiger partial charge in [-0.15, -0.1) is 0 Å². The van der Waals surface area contributed by atoms with E-state index in [1.165, 1.54) is 17.5 Å². The van der Waals surface area contributed by atoms with Crippen LogP contribution in [0.15, 0.2) is 42.5 Å². The lowest BCUT2D eigenvalue weighted by Crippen LogP contribution is -2.25. The number of rotatable bonds is 2. The molecule has 0 aromatic heterocycles. The van der Waals surface area contributed by atoms with E-state index in [1.807, 2.05) is 30.3 Å². The Hall–Kier alpha value is -2.09. The number of ether oxygens (including phenoxy) is 1. The largest absolute Gasteiger partial charge is 0.482 e. The summed E-state index contributed by atoms with van der Waals surface area (Å²) in [5.74, 6) is 0.961. The number of ketones is 1. The Labute approximate surface area is 118 Å². The molecule has 2 nitrogen and oxygen atoms in total. The smallest absolute Gasteiger partial charge is 0.203 e. The summed E-state index contributed by atoms with van der Waals surface area (Å²) in [5.41, 5.74) is 4.67. The predicted octanol–water partition coefficient (Wildman–Crippen LogP) is 3.36. The van der Waals surface area contributed by atoms with Gasteiger partial charge in [0.2, 0.25) is 5.78 Å². The summed E-state index contributed by atoms with van der Waals surface area (Å²) >= 11 is 0. The molecule has 1 unspecified atom stereocenters. The highest BCUT2D eigenvalue weighted by Gasteiger charge is 2.29. The molecule has 100 valence electrons. The number of Topliss-reactive ketones (excluding diaryl/α,β-unsaturated/α-hetero) is 1. The third-order valence-corrected chi connectivity index (χ3v) is 4.32. The van der Waals surface area contributed by atoms with Crippen LogP contribution in [0.25, 0.3) is 0 Å². The van der Waals surface area contributed by atoms with Gasteiger partial charge in [-0.1, -0.05) is 30.3 Å². The number of carbonyl (C=O) groups is 1. The summed E-state index contributed by atoms with van der Waals surface area (Å²) in [7, 11) is 0. The fraction of sp³-hybridized carbons (Fsp3) is 0.278. The summed E-state index contributed by atoms with van der Waals surface area (Å²) < 4.78 is 5.79. The predicted molar refractivity (Wildman–Crippen MR) is 77.4 cm³/mol. The molecule has 2 aromatic rings. The SMILES string of the molecule is O=C(c1ccc2c(c1)CCC2)C1Cc2ccccc2O1. The molecule has 1 aliphatic carbocycles. The third kappa shape index (κ3) is 1.83. The zero-order valence-electron chi connectivity index (χ0n) is 11.3. The van der Waals surface area contributed by atoms with Crippen molar-refractivity contribution in [2.24, 2.45) is 0 Å². The van der Waals surface area contributed by atoms with Gasteiger partial charge in [0, 0.05) is 12.0 Å². The van der Waals surface area contributed by atoms with Gasteiger partial charge in [-0.3, -0.25) is 4.79 Å². The van der Waals surface area contributed by atoms with E-state index in [-0.39, 0.29) is 11.9 Å². The number of hydrogen-bond acceptors (Lipinski definition) is 2. The van der Waals surface area contributed by atoms with Crippen LogP contribution in [0.3, 0.4) is 0 Å². The number of fused-ring (bicyclic) bond motifs is 2. The molecule has 0 saturated carbocycles. The molecule has 0 saturated heterocycles. The van der Waals surface area contributed by atoms with Crippen molar-refractivity contribution < 1.29 is 9.53 Å². The van der Waals surface area contributed by atoms with E-state index in [1.54, 1.807) is 0 Å². The highest BCUT2D eigenvalue weighted by Crippen LogP contribution is 2.30. The van der Waals surface area contributed by atoms with Crippen LogP contribution in [0.1, 0.15) is 33.5 Å². The Morgan fingerprint density at radius 1 is 1.00 bits per heavy atom. The zero-order valence-corrected chi connectivity index (χ0v) is 11.3. The third-order valence-electron chi connectivity index (χ3n) is 4.32. The van der Waals surface area contributed by atoms with E-state index in [0.29, 0.717) is 6.42 Å². The highest BCUT2D eigenvalue weighted by atomic mass is 16.5. The van der Waals surface area contributed by atoms with E-state index in [0.717, 1.165) is 29.7 Å². The van der Waals surface area contributed by atoms with Gasteiger partial charge < -0.3 is 4.74 Å². The van der Waals surface area contributed by atoms with E-state index >= 15 is 0 Å². The normalized spacial score (nSPS) is 19.3. The molecule has 0 radical (unpaired) electrons. The maximum absolute atomic E-state index is 12.6. The first-order valence-electron chi connectivity index (χ1n) is 7.22. The van der Waals surface area contributed by atoms with Gasteiger partial charge >= 0.3 is 0 Å². The molecule has 2 heteroatoms. The fourth-order valence-electron chi connectivity index (χ4n) is 3.24. The average Bonchev–Trinajstić information content (AvgIpc) is 3.11. The Morgan fingerprint density at radius 3 is 2.75 bits per heavy atom. The molecule has 1 heterocycles. The minimum absolute atomic E-state index is 0.107. The summed E-state index contributed by atoms with van der Waals surface area (Å²) in [6.45, 7) is 0. The minimum Gasteiger partial charge on any atom is -0.482 e. The molecule has 0 N–H and O–H groups in total. The standard InChI is InChI=1S/C18H16O2/c19-18(15-9-8-12-5-3-6-13(12)10-15)17-11-14-4-1-2-7-16(14)20-17/h1-2,4,7-10,17H,3,5-6,11H2. The number of aryl methyl sites for hydroxylation is 2. The zero-order chi connectivity index (χ0) is 13.5. The molecular weight excluding hydrogens is 248 g/mol. The van der Waals surface area contributed by atoms with Crippen LogP contribution < -0.4 is 4.74 Å². The molecule has 1 atom stereocenters. The first-order valence-corrected chi connectivity index (χ1v) is 7.22. The van der Waals surface area contributed by atoms with Crippen molar-refractivity contribution in [3.8, 4) is 5.75 Å². The molecule has 4 rings (SSSR count). The molecule has 2 aliphatic rings. The first-order chi connectivity index (χ1) is 9.81. The molecule has 0 amide bonds. The van der Waals surface area contributed by atoms with E-state index in [9.17, 15) is 4.79 Å². The van der Waals surface area contributed by atoms with Crippen LogP contribution >= 0.6 is 0 Å². The lowest BCUT2D eigenvalue weighted by molar-refractivity contribution is 0.0824. The molecule has 20 heavy (non-hydrogen) atoms. The number of benzene rings is 2. The van der Waals surface area contributed by atoms with Crippen LogP contribution in [0, 0.1) is 0 Å². The van der Waals surface area contributed by atoms with Gasteiger partial charge in [0.1, 0.15) is 5.75 Å². The van der Waals surface area contributed by atoms with E-state index in [2.05, 4.69) is 12.1 Å². The van der Waals surface area contributed by atoms with Crippen LogP contribution in [-0.4, -0.2) is 11.9 Å². The van der Waals surface area contributed by atoms with Crippen molar-refractivity contribution in [1.82, 2.24) is 0 Å². The van der Waals surface area contributed by atoms with Crippen LogP contribution in [0.5, 0.6) is 5.75 Å². The van der Waals surface area contributed by atoms with Gasteiger partial charge in [-0.25, -0.2) is 0 Å². The van der Waals surface area contributed by atoms with Crippen LogP contribution in [-0.2, 0) is 19.3 Å². The number of hydrogen-bond donors (Lipinski definition) is 0. The number of carbonyl (C=O) groups excluding carboxylic acids is 1. The molecule has 0 fully saturated rings. The van der Waals surface area contributed by atoms with Crippen LogP contribution in [0.4, 0.5) is 0 Å². The maximum atomic E-state index is 12.6. The molecule has 0 spiro atoms. The second-order valence-electron chi connectivity index (χ2n) is 5.62. The van der Waals surface area contributed by atoms with Crippen molar-refractivity contribution in [3.63, 3.8) is 0 Å². The van der Waals surface area contributed by atoms with Crippen molar-refractivity contribution in [2.75, 3.05) is 0 Å². The lowest BCUT2D eigenvalue weighted by Gasteiger charge is -2.10. The van der Waals surface area contributed by atoms with E-state index < -0.39 is 0 Å². The van der Waals surface area contributed by atoms with Gasteiger partial charge in [0.05, 0.1) is 0 Å². The fourth-order valence-corrected chi connectivity index (χ4v) is 3.24. The average molecular weight is 264 g/mol. The topological polar surface area (TPSA) is 26.3 Å². The summed E-state index contributed by atoms with van der Waals surface area (Å²) in [6.07, 6.45) is 3.79. The van der Waals surface area contributed by atoms with Gasteiger partial charge in [-0.2, -0.15) is 0 Å². The minimum atomic E-state index is -0.355. The van der Waals surface area contributed by atoms with Crippen molar-refractivity contribution in [3.05, 3.63) is 64.7 Å². The molecule has 1 aliphatic heterocycles. The second kappa shape index (κ2) is 4.48. The molecule has 2 aromatic carbocycles. The Morgan fingerprint density at radius 2 is 1.85 bits per heavy atom. The first kappa shape index (κ1) is 11.7. The van der Waals surface area contributed by atoms with Crippen molar-refractivity contribution in [2.45, 2.75) is 31.8 Å². The monoisotopic (exact) mass is 264 g/mol. The van der Waals surface area contributed by atoms with Gasteiger partial charge in [0.15, 0.2) is 6.10 Å². The quantitative estimate of drug-likeness (QED) is 0.777. The Bertz CT molecular complexity index is 663. The molecule has 0 bridgehead atoms. The maximum Gasteiger partial charge on any atom is 0.203 e. The van der Waals surface area contributed by atoms with Crippen molar-refractivity contribution >= 4 is 5.78 Å². The van der Waals surface area contributed by atoms with Gasteiger partial charge in [0.25, 0.3) is 0 Å². The number of para-hydroxylation sites is 1. The summed E-state index contributed by atoms with van der Waals surface area (Å²) in [6, 6.07) is 14.0. The Balaban J connectivity index is 1.60.